The predicted molar refractivity (Wildman–Crippen MR) is 134 cm³/mol. The summed E-state index contributed by atoms with van der Waals surface area (Å²) >= 11 is 0. The summed E-state index contributed by atoms with van der Waals surface area (Å²) in [7, 11) is -1.32. The second kappa shape index (κ2) is 9.73. The van der Waals surface area contributed by atoms with Crippen molar-refractivity contribution in [3.05, 3.63) is 45.9 Å². The summed E-state index contributed by atoms with van der Waals surface area (Å²) in [4.78, 5) is 15.0. The lowest BCUT2D eigenvalue weighted by atomic mass is 9.99. The van der Waals surface area contributed by atoms with Gasteiger partial charge in [-0.1, -0.05) is 6.07 Å². The number of aryl methyl sites for hydroxylation is 3. The summed E-state index contributed by atoms with van der Waals surface area (Å²) < 4.78 is 41.4. The number of nitrogens with one attached hydrogen (secondary N) is 2. The molecule has 2 heterocycles. The van der Waals surface area contributed by atoms with Crippen LogP contribution >= 0.6 is 0 Å². The van der Waals surface area contributed by atoms with Crippen LogP contribution in [-0.4, -0.2) is 61.5 Å². The summed E-state index contributed by atoms with van der Waals surface area (Å²) in [6.45, 7) is -0.601. The monoisotopic (exact) mass is 520 g/mol. The lowest BCUT2D eigenvalue weighted by molar-refractivity contribution is -0.604. The third-order valence-electron chi connectivity index (χ3n) is 7.94. The highest BCUT2D eigenvalue weighted by Gasteiger charge is 2.40. The van der Waals surface area contributed by atoms with E-state index in [1.54, 1.807) is 19.0 Å². The molecule has 3 aliphatic rings. The molecule has 1 fully saturated rings. The van der Waals surface area contributed by atoms with Gasteiger partial charge in [0.1, 0.15) is 6.67 Å². The summed E-state index contributed by atoms with van der Waals surface area (Å²) in [6, 6.07) is 0.456. The Labute approximate surface area is 210 Å². The van der Waals surface area contributed by atoms with Gasteiger partial charge >= 0.3 is 16.2 Å². The minimum Gasteiger partial charge on any atom is -0.608 e. The molecule has 12 heteroatoms. The average Bonchev–Trinajstić information content (AvgIpc) is 3.64. The third-order valence-corrected chi connectivity index (χ3v) is 9.53. The summed E-state index contributed by atoms with van der Waals surface area (Å²) in [5.41, 5.74) is 5.19. The maximum absolute atomic E-state index is 13.6. The van der Waals surface area contributed by atoms with Crippen LogP contribution in [0, 0.1) is 5.21 Å². The van der Waals surface area contributed by atoms with Crippen molar-refractivity contribution in [3.8, 4) is 0 Å². The number of carbonyl (C=O) groups excluding carboxylic acids is 1. The zero-order valence-corrected chi connectivity index (χ0v) is 21.5. The second-order valence-corrected chi connectivity index (χ2v) is 11.9. The molecule has 2 aromatic rings. The number of hydrogen-bond donors (Lipinski definition) is 2. The van der Waals surface area contributed by atoms with E-state index < -0.39 is 27.4 Å². The SMILES string of the molecule is CN1C(CF)CCC1CN(c1cnn(C)c1)S(=O)(=O)[NH+]([O-])C(=O)Nc1c2c(cc3c1CCC3)CCC2. The number of urea groups is 1. The van der Waals surface area contributed by atoms with E-state index in [2.05, 4.69) is 16.5 Å². The van der Waals surface area contributed by atoms with Crippen LogP contribution in [0.3, 0.4) is 0 Å². The topological polar surface area (TPSA) is 115 Å². The lowest BCUT2D eigenvalue weighted by Gasteiger charge is -2.32. The summed E-state index contributed by atoms with van der Waals surface area (Å²) in [6.07, 6.45) is 9.38. The van der Waals surface area contributed by atoms with Crippen LogP contribution in [0.2, 0.25) is 0 Å². The molecule has 2 amide bonds. The Kier molecular flexibility index (Phi) is 6.79. The molecule has 2 aliphatic carbocycles. The molecule has 196 valence electrons. The number of hydrogen-bond acceptors (Lipinski definition) is 6. The van der Waals surface area contributed by atoms with Gasteiger partial charge in [-0.05, 0) is 80.7 Å². The molecule has 5 rings (SSSR count). The van der Waals surface area contributed by atoms with Crippen molar-refractivity contribution in [2.45, 2.75) is 63.5 Å². The third kappa shape index (κ3) is 4.40. The lowest BCUT2D eigenvalue weighted by Crippen LogP contribution is -3.14. The van der Waals surface area contributed by atoms with Crippen LogP contribution in [0.25, 0.3) is 0 Å². The Bertz CT molecular complexity index is 1230. The molecular weight excluding hydrogens is 487 g/mol. The number of rotatable bonds is 7. The first-order valence-corrected chi connectivity index (χ1v) is 14.0. The number of fused-ring (bicyclic) bond motifs is 2. The van der Waals surface area contributed by atoms with Gasteiger partial charge in [0.2, 0.25) is 0 Å². The molecule has 0 bridgehead atoms. The highest BCUT2D eigenvalue weighted by Crippen LogP contribution is 2.38. The molecule has 1 aliphatic heterocycles. The first-order chi connectivity index (χ1) is 17.2. The van der Waals surface area contributed by atoms with Crippen LogP contribution in [0.5, 0.6) is 0 Å². The Balaban J connectivity index is 1.42. The van der Waals surface area contributed by atoms with Gasteiger partial charge in [-0.2, -0.15) is 18.0 Å². The van der Waals surface area contributed by atoms with Crippen molar-refractivity contribution in [1.29, 1.82) is 0 Å². The molecule has 1 aromatic carbocycles. The van der Waals surface area contributed by atoms with Gasteiger partial charge in [0.15, 0.2) is 0 Å². The first-order valence-electron chi connectivity index (χ1n) is 12.5. The summed E-state index contributed by atoms with van der Waals surface area (Å²) in [5.74, 6) is 0. The predicted octanol–water partition coefficient (Wildman–Crippen LogP) is 1.50. The molecule has 3 unspecified atom stereocenters. The van der Waals surface area contributed by atoms with Crippen molar-refractivity contribution in [3.63, 3.8) is 0 Å². The van der Waals surface area contributed by atoms with Gasteiger partial charge in [0.05, 0.1) is 24.1 Å². The number of hydroxylamine groups is 1. The van der Waals surface area contributed by atoms with Crippen molar-refractivity contribution >= 4 is 27.6 Å². The number of nitrogens with zero attached hydrogens (tertiary/aromatic N) is 4. The average molecular weight is 521 g/mol. The quantitative estimate of drug-likeness (QED) is 0.535. The fourth-order valence-corrected chi connectivity index (χ4v) is 7.14. The van der Waals surface area contributed by atoms with Gasteiger partial charge < -0.3 is 5.21 Å². The Morgan fingerprint density at radius 3 is 2.36 bits per heavy atom. The number of likely N-dealkylation sites (tertiary alicyclic amines) is 1. The van der Waals surface area contributed by atoms with Gasteiger partial charge in [-0.3, -0.25) is 14.9 Å². The van der Waals surface area contributed by atoms with E-state index in [9.17, 15) is 22.8 Å². The van der Waals surface area contributed by atoms with Crippen molar-refractivity contribution in [2.24, 2.45) is 7.05 Å². The van der Waals surface area contributed by atoms with Gasteiger partial charge in [0, 0.05) is 25.3 Å². The highest BCUT2D eigenvalue weighted by atomic mass is 32.2. The summed E-state index contributed by atoms with van der Waals surface area (Å²) in [5, 5.41) is 20.0. The minimum atomic E-state index is -4.71. The van der Waals surface area contributed by atoms with E-state index in [1.165, 1.54) is 28.2 Å². The van der Waals surface area contributed by atoms with Crippen molar-refractivity contribution < 1.29 is 22.1 Å². The highest BCUT2D eigenvalue weighted by molar-refractivity contribution is 7.86. The fraction of sp³-hybridized carbons (Fsp3) is 0.583. The zero-order chi connectivity index (χ0) is 25.6. The normalized spacial score (nSPS) is 22.4. The number of quaternary nitrogens is 1. The Morgan fingerprint density at radius 2 is 1.81 bits per heavy atom. The first kappa shape index (κ1) is 25.1. The maximum atomic E-state index is 13.6. The molecule has 1 aromatic heterocycles. The number of carbonyl (C=O) groups is 1. The number of alkyl halides is 1. The minimum absolute atomic E-state index is 0.0732. The van der Waals surface area contributed by atoms with Crippen LogP contribution in [0.1, 0.15) is 47.9 Å². The number of likely N-dealkylation sites (N-methyl/N-ethyl adjacent to an activating group) is 1. The zero-order valence-electron chi connectivity index (χ0n) is 20.7. The maximum Gasteiger partial charge on any atom is 0.436 e. The van der Waals surface area contributed by atoms with Crippen molar-refractivity contribution in [2.75, 3.05) is 29.9 Å². The molecule has 1 saturated heterocycles. The smallest absolute Gasteiger partial charge is 0.436 e. The van der Waals surface area contributed by atoms with Crippen LogP contribution < -0.4 is 14.1 Å². The van der Waals surface area contributed by atoms with E-state index in [0.717, 1.165) is 54.0 Å². The number of aromatic nitrogens is 2. The number of halogens is 1. The standard InChI is InChI=1S/C24H33FN6O4S/c1-28-14-20(13-26-28)30(15-19-10-9-18(12-25)29(19)2)36(34,35)31(33)24(32)27-23-21-7-3-5-16(21)11-17-6-4-8-22(17)23/h11,13-14,18-19,31H,3-10,12,15H2,1-2H3,(H,27,32). The van der Waals surface area contributed by atoms with Gasteiger partial charge in [-0.25, -0.2) is 13.5 Å². The van der Waals surface area contributed by atoms with Crippen LogP contribution in [-0.2, 0) is 42.9 Å². The van der Waals surface area contributed by atoms with Crippen LogP contribution in [0.4, 0.5) is 20.6 Å². The van der Waals surface area contributed by atoms with E-state index in [-0.39, 0.29) is 24.3 Å². The van der Waals surface area contributed by atoms with E-state index in [0.29, 0.717) is 18.5 Å². The Hall–Kier alpha value is -2.54. The van der Waals surface area contributed by atoms with Crippen molar-refractivity contribution in [1.82, 2.24) is 14.7 Å². The largest absolute Gasteiger partial charge is 0.608 e. The van der Waals surface area contributed by atoms with Crippen LogP contribution in [0.15, 0.2) is 18.5 Å². The number of benzene rings is 1. The van der Waals surface area contributed by atoms with Gasteiger partial charge in [-0.15, -0.1) is 0 Å². The second-order valence-electron chi connectivity index (χ2n) is 10.1. The number of anilines is 2. The van der Waals surface area contributed by atoms with E-state index >= 15 is 0 Å². The molecule has 36 heavy (non-hydrogen) atoms. The molecule has 0 saturated carbocycles. The molecule has 10 nitrogen and oxygen atoms in total. The molecular formula is C24H33FN6O4S. The molecule has 2 N–H and O–H groups in total. The fourth-order valence-electron chi connectivity index (χ4n) is 5.92. The number of amides is 2. The van der Waals surface area contributed by atoms with E-state index in [4.69, 9.17) is 0 Å². The molecule has 0 spiro atoms. The molecule has 0 radical (unpaired) electrons. The molecule has 3 atom stereocenters. The van der Waals surface area contributed by atoms with Gasteiger partial charge in [0.25, 0.3) is 0 Å². The Morgan fingerprint density at radius 1 is 1.17 bits per heavy atom. The van der Waals surface area contributed by atoms with E-state index in [1.807, 2.05) is 0 Å².